The van der Waals surface area contributed by atoms with Crippen LogP contribution in [-0.2, 0) is 10.0 Å². The van der Waals surface area contributed by atoms with Crippen LogP contribution in [0, 0.1) is 0 Å². The van der Waals surface area contributed by atoms with Gasteiger partial charge in [-0.25, -0.2) is 8.42 Å². The molecule has 124 valence electrons. The predicted molar refractivity (Wildman–Crippen MR) is 105 cm³/mol. The van der Waals surface area contributed by atoms with Gasteiger partial charge in [-0.1, -0.05) is 35.5 Å². The second kappa shape index (κ2) is 7.49. The van der Waals surface area contributed by atoms with Gasteiger partial charge in [0.25, 0.3) is 10.0 Å². The van der Waals surface area contributed by atoms with Crippen LogP contribution in [0.3, 0.4) is 0 Å². The topological polar surface area (TPSA) is 46.2 Å². The lowest BCUT2D eigenvalue weighted by Crippen LogP contribution is -2.12. The zero-order chi connectivity index (χ0) is 17.2. The van der Waals surface area contributed by atoms with E-state index in [2.05, 4.69) is 20.7 Å². The van der Waals surface area contributed by atoms with Crippen molar-refractivity contribution in [2.24, 2.45) is 0 Å². The average Bonchev–Trinajstić information content (AvgIpc) is 2.99. The van der Waals surface area contributed by atoms with E-state index in [1.807, 2.05) is 24.3 Å². The van der Waals surface area contributed by atoms with Crippen LogP contribution in [-0.4, -0.2) is 8.42 Å². The van der Waals surface area contributed by atoms with Crippen LogP contribution < -0.4 is 4.72 Å². The summed E-state index contributed by atoms with van der Waals surface area (Å²) < 4.78 is 28.7. The number of sulfonamides is 1. The smallest absolute Gasteiger partial charge is 0.271 e. The summed E-state index contributed by atoms with van der Waals surface area (Å²) in [7, 11) is -3.61. The molecule has 0 saturated heterocycles. The molecule has 0 fully saturated rings. The molecule has 0 saturated carbocycles. The van der Waals surface area contributed by atoms with Crippen LogP contribution in [0.15, 0.2) is 78.5 Å². The summed E-state index contributed by atoms with van der Waals surface area (Å²) in [5.41, 5.74) is 0.543. The van der Waals surface area contributed by atoms with Crippen molar-refractivity contribution >= 4 is 66.3 Å². The van der Waals surface area contributed by atoms with Gasteiger partial charge in [0.05, 0.1) is 9.47 Å². The van der Waals surface area contributed by atoms with Gasteiger partial charge in [0.2, 0.25) is 0 Å². The Morgan fingerprint density at radius 1 is 1.00 bits per heavy atom. The van der Waals surface area contributed by atoms with Gasteiger partial charge in [-0.2, -0.15) is 0 Å². The van der Waals surface area contributed by atoms with Gasteiger partial charge in [-0.05, 0) is 64.5 Å². The number of hydrogen-bond acceptors (Lipinski definition) is 4. The third kappa shape index (κ3) is 4.34. The van der Waals surface area contributed by atoms with E-state index < -0.39 is 10.0 Å². The van der Waals surface area contributed by atoms with Gasteiger partial charge < -0.3 is 0 Å². The van der Waals surface area contributed by atoms with Crippen LogP contribution >= 0.6 is 50.6 Å². The lowest BCUT2D eigenvalue weighted by molar-refractivity contribution is 0.603. The minimum Gasteiger partial charge on any atom is -0.278 e. The van der Waals surface area contributed by atoms with Crippen molar-refractivity contribution in [1.29, 1.82) is 0 Å². The molecule has 0 bridgehead atoms. The molecule has 8 heteroatoms. The van der Waals surface area contributed by atoms with E-state index in [1.54, 1.807) is 36.4 Å². The maximum Gasteiger partial charge on any atom is 0.271 e. The van der Waals surface area contributed by atoms with E-state index in [-0.39, 0.29) is 4.21 Å². The van der Waals surface area contributed by atoms with Gasteiger partial charge in [-0.15, -0.1) is 11.3 Å². The first kappa shape index (κ1) is 17.8. The predicted octanol–water partition coefficient (Wildman–Crippen LogP) is 6.12. The van der Waals surface area contributed by atoms with Crippen LogP contribution in [0.25, 0.3) is 0 Å². The van der Waals surface area contributed by atoms with Gasteiger partial charge in [0, 0.05) is 14.8 Å². The van der Waals surface area contributed by atoms with Gasteiger partial charge >= 0.3 is 0 Å². The summed E-state index contributed by atoms with van der Waals surface area (Å²) in [6.07, 6.45) is 0. The minimum atomic E-state index is -3.61. The zero-order valence-electron chi connectivity index (χ0n) is 12.1. The van der Waals surface area contributed by atoms with Gasteiger partial charge in [-0.3, -0.25) is 4.72 Å². The van der Waals surface area contributed by atoms with Crippen LogP contribution in [0.5, 0.6) is 0 Å². The maximum atomic E-state index is 12.5. The van der Waals surface area contributed by atoms with E-state index in [4.69, 9.17) is 11.6 Å². The Morgan fingerprint density at radius 3 is 2.38 bits per heavy atom. The number of benzene rings is 2. The molecular formula is C16H11BrClNO2S3. The molecule has 3 rings (SSSR count). The summed E-state index contributed by atoms with van der Waals surface area (Å²) in [5, 5.41) is 0.664. The van der Waals surface area contributed by atoms with Crippen molar-refractivity contribution in [1.82, 2.24) is 0 Å². The molecule has 2 aromatic carbocycles. The largest absolute Gasteiger partial charge is 0.278 e. The van der Waals surface area contributed by atoms with Crippen molar-refractivity contribution in [2.75, 3.05) is 4.72 Å². The Balaban J connectivity index is 1.88. The molecule has 0 spiro atoms. The van der Waals surface area contributed by atoms with Gasteiger partial charge in [0.1, 0.15) is 4.21 Å². The molecule has 3 aromatic rings. The zero-order valence-corrected chi connectivity index (χ0v) is 16.9. The molecule has 0 radical (unpaired) electrons. The fourth-order valence-electron chi connectivity index (χ4n) is 1.91. The summed E-state index contributed by atoms with van der Waals surface area (Å²) in [6, 6.07) is 18.0. The Bertz CT molecular complexity index is 955. The fraction of sp³-hybridized carbons (Fsp3) is 0. The molecule has 0 unspecified atom stereocenters. The van der Waals surface area contributed by atoms with Crippen LogP contribution in [0.1, 0.15) is 0 Å². The van der Waals surface area contributed by atoms with Crippen LogP contribution in [0.4, 0.5) is 5.69 Å². The molecule has 0 atom stereocenters. The molecule has 3 nitrogen and oxygen atoms in total. The highest BCUT2D eigenvalue weighted by Gasteiger charge is 2.18. The Kier molecular flexibility index (Phi) is 5.56. The first-order valence-electron chi connectivity index (χ1n) is 6.75. The Morgan fingerprint density at radius 2 is 1.71 bits per heavy atom. The van der Waals surface area contributed by atoms with Crippen molar-refractivity contribution in [3.63, 3.8) is 0 Å². The highest BCUT2D eigenvalue weighted by Crippen LogP contribution is 2.35. The lowest BCUT2D eigenvalue weighted by atomic mass is 10.3. The molecule has 0 aliphatic heterocycles. The number of rotatable bonds is 5. The molecule has 0 aliphatic rings. The van der Waals surface area contributed by atoms with E-state index in [0.717, 1.165) is 13.6 Å². The normalized spacial score (nSPS) is 11.4. The number of hydrogen-bond donors (Lipinski definition) is 1. The molecule has 0 aliphatic carbocycles. The maximum absolute atomic E-state index is 12.5. The minimum absolute atomic E-state index is 0.265. The summed E-state index contributed by atoms with van der Waals surface area (Å²) >= 11 is 11.8. The lowest BCUT2D eigenvalue weighted by Gasteiger charge is -2.11. The number of para-hydroxylation sites is 1. The van der Waals surface area contributed by atoms with Crippen molar-refractivity contribution < 1.29 is 8.42 Å². The van der Waals surface area contributed by atoms with E-state index in [0.29, 0.717) is 10.7 Å². The highest BCUT2D eigenvalue weighted by atomic mass is 79.9. The van der Waals surface area contributed by atoms with Crippen molar-refractivity contribution in [2.45, 2.75) is 14.0 Å². The van der Waals surface area contributed by atoms with Gasteiger partial charge in [0.15, 0.2) is 0 Å². The SMILES string of the molecule is O=S(=O)(Nc1ccccc1Sc1ccc(Cl)cc1)c1ccc(Br)s1. The molecule has 1 N–H and O–H groups in total. The summed E-state index contributed by atoms with van der Waals surface area (Å²) in [4.78, 5) is 1.80. The first-order valence-corrected chi connectivity index (χ1v) is 11.0. The fourth-order valence-corrected chi connectivity index (χ4v) is 6.09. The van der Waals surface area contributed by atoms with Crippen molar-refractivity contribution in [3.05, 3.63) is 69.5 Å². The molecule has 0 amide bonds. The number of thiophene rings is 1. The number of anilines is 1. The van der Waals surface area contributed by atoms with E-state index in [9.17, 15) is 8.42 Å². The Hall–Kier alpha value is -0.990. The molecular weight excluding hydrogens is 450 g/mol. The second-order valence-electron chi connectivity index (χ2n) is 4.72. The van der Waals surface area contributed by atoms with E-state index in [1.165, 1.54) is 23.1 Å². The standard InChI is InChI=1S/C16H11BrClNO2S3/c17-15-9-10-16(23-15)24(20,21)19-13-3-1-2-4-14(13)22-12-7-5-11(18)6-8-12/h1-10,19H. The third-order valence-electron chi connectivity index (χ3n) is 2.99. The number of nitrogens with one attached hydrogen (secondary N) is 1. The summed E-state index contributed by atoms with van der Waals surface area (Å²) in [6.45, 7) is 0. The average molecular weight is 461 g/mol. The Labute approximate surface area is 162 Å². The van der Waals surface area contributed by atoms with E-state index >= 15 is 0 Å². The van der Waals surface area contributed by atoms with Crippen molar-refractivity contribution in [3.8, 4) is 0 Å². The summed E-state index contributed by atoms with van der Waals surface area (Å²) in [5.74, 6) is 0. The molecule has 1 aromatic heterocycles. The highest BCUT2D eigenvalue weighted by molar-refractivity contribution is 9.11. The van der Waals surface area contributed by atoms with Crippen LogP contribution in [0.2, 0.25) is 5.02 Å². The number of halogens is 2. The monoisotopic (exact) mass is 459 g/mol. The molecule has 24 heavy (non-hydrogen) atoms. The molecule has 1 heterocycles. The second-order valence-corrected chi connectivity index (χ2v) is 10.6. The third-order valence-corrected chi connectivity index (χ3v) is 7.80. The first-order chi connectivity index (χ1) is 11.4. The quantitative estimate of drug-likeness (QED) is 0.499.